The van der Waals surface area contributed by atoms with E-state index in [1.54, 1.807) is 36.4 Å². The Morgan fingerprint density at radius 2 is 1.83 bits per heavy atom. The van der Waals surface area contributed by atoms with Crippen LogP contribution in [-0.2, 0) is 9.53 Å². The van der Waals surface area contributed by atoms with Crippen molar-refractivity contribution >= 4 is 23.5 Å². The molecule has 0 radical (unpaired) electrons. The summed E-state index contributed by atoms with van der Waals surface area (Å²) in [7, 11) is 0. The number of nitrogens with one attached hydrogen (secondary N) is 2. The van der Waals surface area contributed by atoms with Crippen molar-refractivity contribution in [1.29, 1.82) is 5.26 Å². The summed E-state index contributed by atoms with van der Waals surface area (Å²) < 4.78 is 5.01. The molecule has 7 heteroatoms. The van der Waals surface area contributed by atoms with Crippen LogP contribution in [0.15, 0.2) is 48.5 Å². The summed E-state index contributed by atoms with van der Waals surface area (Å²) in [6.07, 6.45) is 4.13. The second kappa shape index (κ2) is 9.51. The summed E-state index contributed by atoms with van der Waals surface area (Å²) in [6.45, 7) is -0.506. The number of rotatable bonds is 6. The van der Waals surface area contributed by atoms with E-state index in [0.717, 1.165) is 25.7 Å². The minimum absolute atomic E-state index is 0.163. The number of para-hydroxylation sites is 1. The number of carbonyl (C=O) groups excluding carboxylic acids is 3. The zero-order valence-electron chi connectivity index (χ0n) is 15.8. The summed E-state index contributed by atoms with van der Waals surface area (Å²) in [5.41, 5.74) is 1.23. The van der Waals surface area contributed by atoms with Crippen LogP contribution in [0.2, 0.25) is 0 Å². The quantitative estimate of drug-likeness (QED) is 0.736. The molecule has 0 unspecified atom stereocenters. The molecule has 0 spiro atoms. The third-order valence-corrected chi connectivity index (χ3v) is 4.70. The van der Waals surface area contributed by atoms with E-state index < -0.39 is 18.5 Å². The van der Waals surface area contributed by atoms with Crippen LogP contribution >= 0.6 is 0 Å². The number of benzene rings is 2. The normalized spacial score (nSPS) is 13.3. The fraction of sp³-hybridized carbons (Fsp3) is 0.273. The van der Waals surface area contributed by atoms with Crippen LogP contribution in [0.25, 0.3) is 0 Å². The number of hydrogen-bond donors (Lipinski definition) is 2. The van der Waals surface area contributed by atoms with E-state index in [-0.39, 0.29) is 17.5 Å². The number of carbonyl (C=O) groups is 3. The number of esters is 1. The number of ether oxygens (including phenoxy) is 1. The molecule has 2 amide bonds. The lowest BCUT2D eigenvalue weighted by Gasteiger charge is -2.15. The van der Waals surface area contributed by atoms with Crippen LogP contribution in [0.1, 0.15) is 52.0 Å². The first-order valence-electron chi connectivity index (χ1n) is 9.44. The number of amides is 2. The Hall–Kier alpha value is -3.66. The lowest BCUT2D eigenvalue weighted by molar-refractivity contribution is -0.119. The summed E-state index contributed by atoms with van der Waals surface area (Å²) in [4.78, 5) is 36.8. The molecule has 0 aliphatic heterocycles. The van der Waals surface area contributed by atoms with E-state index in [0.29, 0.717) is 16.8 Å². The van der Waals surface area contributed by atoms with Gasteiger partial charge in [-0.05, 0) is 43.2 Å². The van der Waals surface area contributed by atoms with E-state index in [9.17, 15) is 14.4 Å². The zero-order valence-corrected chi connectivity index (χ0v) is 15.8. The third kappa shape index (κ3) is 5.42. The molecule has 0 atom stereocenters. The molecule has 7 nitrogen and oxygen atoms in total. The molecule has 2 aromatic rings. The van der Waals surface area contributed by atoms with Crippen molar-refractivity contribution in [2.24, 2.45) is 0 Å². The van der Waals surface area contributed by atoms with Gasteiger partial charge in [-0.1, -0.05) is 31.0 Å². The monoisotopic (exact) mass is 391 g/mol. The predicted molar refractivity (Wildman–Crippen MR) is 106 cm³/mol. The van der Waals surface area contributed by atoms with Crippen molar-refractivity contribution in [3.63, 3.8) is 0 Å². The fourth-order valence-corrected chi connectivity index (χ4v) is 3.24. The molecular weight excluding hydrogens is 370 g/mol. The molecule has 29 heavy (non-hydrogen) atoms. The van der Waals surface area contributed by atoms with Gasteiger partial charge in [-0.25, -0.2) is 4.79 Å². The second-order valence-corrected chi connectivity index (χ2v) is 6.82. The Bertz CT molecular complexity index is 959. The maximum Gasteiger partial charge on any atom is 0.338 e. The number of anilines is 1. The van der Waals surface area contributed by atoms with Gasteiger partial charge in [0, 0.05) is 6.04 Å². The maximum absolute atomic E-state index is 12.5. The van der Waals surface area contributed by atoms with Crippen LogP contribution in [0, 0.1) is 11.3 Å². The molecular formula is C22H21N3O4. The Labute approximate surface area is 168 Å². The molecule has 0 saturated heterocycles. The SMILES string of the molecule is N#Cc1cccc(C(=O)OCC(=O)Nc2ccccc2C(=O)NC2CCCC2)c1. The van der Waals surface area contributed by atoms with Crippen LogP contribution in [0.4, 0.5) is 5.69 Å². The van der Waals surface area contributed by atoms with E-state index in [1.165, 1.54) is 12.1 Å². The number of nitriles is 1. The van der Waals surface area contributed by atoms with Crippen molar-refractivity contribution in [3.05, 3.63) is 65.2 Å². The minimum Gasteiger partial charge on any atom is -0.452 e. The minimum atomic E-state index is -0.704. The highest BCUT2D eigenvalue weighted by Gasteiger charge is 2.20. The first-order valence-corrected chi connectivity index (χ1v) is 9.44. The first-order chi connectivity index (χ1) is 14.1. The van der Waals surface area contributed by atoms with Gasteiger partial charge in [-0.3, -0.25) is 9.59 Å². The van der Waals surface area contributed by atoms with Crippen LogP contribution < -0.4 is 10.6 Å². The lowest BCUT2D eigenvalue weighted by atomic mass is 10.1. The molecule has 2 aromatic carbocycles. The molecule has 148 valence electrons. The van der Waals surface area contributed by atoms with E-state index in [2.05, 4.69) is 10.6 Å². The molecule has 1 aliphatic carbocycles. The van der Waals surface area contributed by atoms with Gasteiger partial charge >= 0.3 is 5.97 Å². The highest BCUT2D eigenvalue weighted by Crippen LogP contribution is 2.20. The topological polar surface area (TPSA) is 108 Å². The summed E-state index contributed by atoms with van der Waals surface area (Å²) in [5, 5.41) is 14.5. The Balaban J connectivity index is 1.58. The second-order valence-electron chi connectivity index (χ2n) is 6.82. The van der Waals surface area contributed by atoms with Crippen LogP contribution in [0.5, 0.6) is 0 Å². The Kier molecular flexibility index (Phi) is 6.59. The van der Waals surface area contributed by atoms with Crippen molar-refractivity contribution in [3.8, 4) is 6.07 Å². The lowest BCUT2D eigenvalue weighted by Crippen LogP contribution is -2.33. The fourth-order valence-electron chi connectivity index (χ4n) is 3.24. The van der Waals surface area contributed by atoms with Crippen LogP contribution in [-0.4, -0.2) is 30.4 Å². The highest BCUT2D eigenvalue weighted by molar-refractivity contribution is 6.04. The molecule has 1 fully saturated rings. The average molecular weight is 391 g/mol. The first kappa shape index (κ1) is 20.1. The van der Waals surface area contributed by atoms with Gasteiger partial charge in [0.15, 0.2) is 6.61 Å². The van der Waals surface area contributed by atoms with Gasteiger partial charge in [0.05, 0.1) is 28.4 Å². The van der Waals surface area contributed by atoms with E-state index in [4.69, 9.17) is 10.00 Å². The zero-order chi connectivity index (χ0) is 20.6. The molecule has 1 saturated carbocycles. The van der Waals surface area contributed by atoms with Gasteiger partial charge < -0.3 is 15.4 Å². The highest BCUT2D eigenvalue weighted by atomic mass is 16.5. The smallest absolute Gasteiger partial charge is 0.338 e. The van der Waals surface area contributed by atoms with E-state index >= 15 is 0 Å². The molecule has 0 aromatic heterocycles. The van der Waals surface area contributed by atoms with Gasteiger partial charge in [0.2, 0.25) is 0 Å². The average Bonchev–Trinajstić information content (AvgIpc) is 3.25. The third-order valence-electron chi connectivity index (χ3n) is 4.70. The van der Waals surface area contributed by atoms with Crippen molar-refractivity contribution in [2.75, 3.05) is 11.9 Å². The van der Waals surface area contributed by atoms with Crippen molar-refractivity contribution < 1.29 is 19.1 Å². The van der Waals surface area contributed by atoms with Gasteiger partial charge in [-0.2, -0.15) is 5.26 Å². The predicted octanol–water partition coefficient (Wildman–Crippen LogP) is 3.03. The van der Waals surface area contributed by atoms with Crippen molar-refractivity contribution in [2.45, 2.75) is 31.7 Å². The van der Waals surface area contributed by atoms with Crippen LogP contribution in [0.3, 0.4) is 0 Å². The van der Waals surface area contributed by atoms with Gasteiger partial charge in [0.25, 0.3) is 11.8 Å². The molecule has 0 heterocycles. The summed E-state index contributed by atoms with van der Waals surface area (Å²) >= 11 is 0. The van der Waals surface area contributed by atoms with Gasteiger partial charge in [-0.15, -0.1) is 0 Å². The largest absolute Gasteiger partial charge is 0.452 e. The Morgan fingerprint density at radius 1 is 1.07 bits per heavy atom. The van der Waals surface area contributed by atoms with Gasteiger partial charge in [0.1, 0.15) is 0 Å². The molecule has 3 rings (SSSR count). The summed E-state index contributed by atoms with van der Waals surface area (Å²) in [6, 6.07) is 14.8. The number of nitrogens with zero attached hydrogens (tertiary/aromatic N) is 1. The standard InChI is InChI=1S/C22H21N3O4/c23-13-15-6-5-7-16(12-15)22(28)29-14-20(26)25-19-11-4-3-10-18(19)21(27)24-17-8-1-2-9-17/h3-7,10-12,17H,1-2,8-9,14H2,(H,24,27)(H,25,26). The summed E-state index contributed by atoms with van der Waals surface area (Å²) in [5.74, 6) is -1.50. The molecule has 1 aliphatic rings. The van der Waals surface area contributed by atoms with Crippen molar-refractivity contribution in [1.82, 2.24) is 5.32 Å². The Morgan fingerprint density at radius 3 is 2.59 bits per heavy atom. The van der Waals surface area contributed by atoms with E-state index in [1.807, 2.05) is 6.07 Å². The molecule has 2 N–H and O–H groups in total. The molecule has 0 bridgehead atoms. The maximum atomic E-state index is 12.5. The number of hydrogen-bond acceptors (Lipinski definition) is 5.